The first-order chi connectivity index (χ1) is 11.0. The normalized spacial score (nSPS) is 11.5. The Balaban J connectivity index is 2.39. The monoisotopic (exact) mass is 332 g/mol. The average molecular weight is 332 g/mol. The third kappa shape index (κ3) is 4.17. The molecule has 0 atom stereocenters. The number of sulfone groups is 1. The van der Waals surface area contributed by atoms with Crippen LogP contribution in [-0.2, 0) is 9.84 Å². The Labute approximate surface area is 134 Å². The Morgan fingerprint density at radius 1 is 1.26 bits per heavy atom. The van der Waals surface area contributed by atoms with Crippen LogP contribution in [0.4, 0.5) is 0 Å². The number of ether oxygens (including phenoxy) is 1. The first-order valence-corrected chi connectivity index (χ1v) is 8.37. The van der Waals surface area contributed by atoms with Gasteiger partial charge in [-0.25, -0.2) is 13.5 Å². The largest absolute Gasteiger partial charge is 0.495 e. The van der Waals surface area contributed by atoms with E-state index in [1.54, 1.807) is 30.4 Å². The summed E-state index contributed by atoms with van der Waals surface area (Å²) in [6, 6.07) is 7.78. The molecule has 0 radical (unpaired) electrons. The van der Waals surface area contributed by atoms with Gasteiger partial charge in [-0.1, -0.05) is 18.2 Å². The van der Waals surface area contributed by atoms with E-state index in [0.29, 0.717) is 11.3 Å². The molecule has 1 aromatic heterocycles. The minimum atomic E-state index is -3.50. The molecular formula is C16H16N2O4S. The van der Waals surface area contributed by atoms with Crippen molar-refractivity contribution in [3.63, 3.8) is 0 Å². The van der Waals surface area contributed by atoms with Crippen LogP contribution in [-0.4, -0.2) is 31.5 Å². The summed E-state index contributed by atoms with van der Waals surface area (Å²) in [5.41, 5.74) is 0.932. The highest BCUT2D eigenvalue weighted by Gasteiger charge is 2.18. The molecule has 0 saturated carbocycles. The van der Waals surface area contributed by atoms with Crippen LogP contribution in [0.1, 0.15) is 11.3 Å². The molecule has 0 fully saturated rings. The number of aromatic nitrogens is 2. The van der Waals surface area contributed by atoms with Gasteiger partial charge in [0.05, 0.1) is 18.6 Å². The molecule has 0 aliphatic heterocycles. The molecule has 0 bridgehead atoms. The zero-order valence-electron chi connectivity index (χ0n) is 12.5. The maximum atomic E-state index is 12.2. The molecule has 1 aromatic carbocycles. The molecule has 0 saturated heterocycles. The first-order valence-electron chi connectivity index (χ1n) is 6.72. The van der Waals surface area contributed by atoms with Gasteiger partial charge < -0.3 is 4.74 Å². The summed E-state index contributed by atoms with van der Waals surface area (Å²) in [5, 5.41) is 6.17. The van der Waals surface area contributed by atoms with Crippen LogP contribution < -0.4 is 10.3 Å². The highest BCUT2D eigenvalue weighted by atomic mass is 32.2. The highest BCUT2D eigenvalue weighted by molar-refractivity contribution is 7.91. The third-order valence-corrected chi connectivity index (χ3v) is 4.67. The number of nitrogens with zero attached hydrogens (tertiary/aromatic N) is 1. The molecule has 1 N–H and O–H groups in total. The summed E-state index contributed by atoms with van der Waals surface area (Å²) in [7, 11) is -2.09. The molecule has 23 heavy (non-hydrogen) atoms. The van der Waals surface area contributed by atoms with Crippen molar-refractivity contribution in [2.45, 2.75) is 4.90 Å². The van der Waals surface area contributed by atoms with Gasteiger partial charge in [0.25, 0.3) is 5.56 Å². The van der Waals surface area contributed by atoms with E-state index in [-0.39, 0.29) is 22.0 Å². The smallest absolute Gasteiger partial charge is 0.264 e. The number of hydrogen-bond acceptors (Lipinski definition) is 5. The Bertz CT molecular complexity index is 878. The van der Waals surface area contributed by atoms with Gasteiger partial charge in [0.15, 0.2) is 9.84 Å². The molecule has 2 rings (SSSR count). The van der Waals surface area contributed by atoms with Crippen molar-refractivity contribution in [2.75, 3.05) is 12.9 Å². The van der Waals surface area contributed by atoms with Gasteiger partial charge in [0.2, 0.25) is 0 Å². The van der Waals surface area contributed by atoms with Crippen LogP contribution in [0.2, 0.25) is 0 Å². The van der Waals surface area contributed by atoms with E-state index in [0.717, 1.165) is 0 Å². The van der Waals surface area contributed by atoms with Gasteiger partial charge in [-0.15, -0.1) is 6.58 Å². The van der Waals surface area contributed by atoms with Crippen molar-refractivity contribution in [2.24, 2.45) is 0 Å². The Morgan fingerprint density at radius 2 is 2.04 bits per heavy atom. The number of H-pyrrole nitrogens is 1. The lowest BCUT2D eigenvalue weighted by Crippen LogP contribution is -2.07. The van der Waals surface area contributed by atoms with Crippen LogP contribution in [0.3, 0.4) is 0 Å². The van der Waals surface area contributed by atoms with Crippen molar-refractivity contribution >= 4 is 22.0 Å². The number of rotatable bonds is 6. The van der Waals surface area contributed by atoms with Crippen LogP contribution in [0, 0.1) is 0 Å². The quantitative estimate of drug-likeness (QED) is 0.816. The Hall–Kier alpha value is -2.67. The number of methoxy groups -OCH3 is 1. The third-order valence-electron chi connectivity index (χ3n) is 3.01. The molecule has 0 aliphatic rings. The lowest BCUT2D eigenvalue weighted by atomic mass is 10.2. The predicted octanol–water partition coefficient (Wildman–Crippen LogP) is 1.91. The summed E-state index contributed by atoms with van der Waals surface area (Å²) in [4.78, 5) is 11.1. The van der Waals surface area contributed by atoms with E-state index >= 15 is 0 Å². The van der Waals surface area contributed by atoms with Gasteiger partial charge in [0, 0.05) is 6.07 Å². The molecule has 0 spiro atoms. The zero-order chi connectivity index (χ0) is 16.9. The maximum absolute atomic E-state index is 12.2. The fraction of sp³-hybridized carbons (Fsp3) is 0.125. The maximum Gasteiger partial charge on any atom is 0.264 e. The minimum absolute atomic E-state index is 0.108. The first kappa shape index (κ1) is 16.7. The Kier molecular flexibility index (Phi) is 5.13. The lowest BCUT2D eigenvalue weighted by Gasteiger charge is -2.09. The fourth-order valence-corrected chi connectivity index (χ4v) is 3.18. The highest BCUT2D eigenvalue weighted by Crippen LogP contribution is 2.26. The topological polar surface area (TPSA) is 89.1 Å². The van der Waals surface area contributed by atoms with Crippen molar-refractivity contribution in [3.05, 3.63) is 64.6 Å². The summed E-state index contributed by atoms with van der Waals surface area (Å²) >= 11 is 0. The summed E-state index contributed by atoms with van der Waals surface area (Å²) in [6.45, 7) is 3.46. The fourth-order valence-electron chi connectivity index (χ4n) is 1.91. The van der Waals surface area contributed by atoms with E-state index < -0.39 is 9.84 Å². The second kappa shape index (κ2) is 7.06. The summed E-state index contributed by atoms with van der Waals surface area (Å²) < 4.78 is 29.6. The molecule has 0 aliphatic carbocycles. The van der Waals surface area contributed by atoms with E-state index in [1.165, 1.54) is 25.3 Å². The van der Waals surface area contributed by atoms with Crippen LogP contribution in [0.5, 0.6) is 5.75 Å². The molecule has 7 heteroatoms. The summed E-state index contributed by atoms with van der Waals surface area (Å²) in [5.74, 6) is 0.115. The minimum Gasteiger partial charge on any atom is -0.495 e. The number of aromatic amines is 1. The van der Waals surface area contributed by atoms with Crippen LogP contribution in [0.15, 0.2) is 52.7 Å². The van der Waals surface area contributed by atoms with Crippen LogP contribution >= 0.6 is 0 Å². The molecule has 1 heterocycles. The van der Waals surface area contributed by atoms with Gasteiger partial charge in [0.1, 0.15) is 10.6 Å². The molecule has 120 valence electrons. The molecule has 0 amide bonds. The Morgan fingerprint density at radius 3 is 2.65 bits per heavy atom. The molecule has 0 unspecified atom stereocenters. The summed E-state index contributed by atoms with van der Waals surface area (Å²) in [6.07, 6.45) is 4.70. The van der Waals surface area contributed by atoms with Gasteiger partial charge >= 0.3 is 0 Å². The standard InChI is InChI=1S/C16H16N2O4S/c1-3-10-23(20,21)15-11-12(5-8-14(15)22-2)4-6-13-7-9-16(19)18-17-13/h3-9,11H,1,10H2,2H3,(H,18,19). The van der Waals surface area contributed by atoms with Crippen LogP contribution in [0.25, 0.3) is 12.2 Å². The van der Waals surface area contributed by atoms with E-state index in [4.69, 9.17) is 4.74 Å². The van der Waals surface area contributed by atoms with Gasteiger partial charge in [-0.3, -0.25) is 4.79 Å². The van der Waals surface area contributed by atoms with Crippen molar-refractivity contribution in [3.8, 4) is 5.75 Å². The number of nitrogens with one attached hydrogen (secondary N) is 1. The predicted molar refractivity (Wildman–Crippen MR) is 89.0 cm³/mol. The second-order valence-corrected chi connectivity index (χ2v) is 6.66. The molecular weight excluding hydrogens is 316 g/mol. The van der Waals surface area contributed by atoms with Crippen molar-refractivity contribution < 1.29 is 13.2 Å². The lowest BCUT2D eigenvalue weighted by molar-refractivity contribution is 0.403. The van der Waals surface area contributed by atoms with E-state index in [2.05, 4.69) is 16.8 Å². The van der Waals surface area contributed by atoms with Gasteiger partial charge in [-0.05, 0) is 29.8 Å². The van der Waals surface area contributed by atoms with E-state index in [1.807, 2.05) is 0 Å². The second-order valence-electron chi connectivity index (χ2n) is 4.66. The van der Waals surface area contributed by atoms with E-state index in [9.17, 15) is 13.2 Å². The molecule has 2 aromatic rings. The number of hydrogen-bond donors (Lipinski definition) is 1. The molecule has 6 nitrogen and oxygen atoms in total. The average Bonchev–Trinajstić information content (AvgIpc) is 2.54. The van der Waals surface area contributed by atoms with Crippen molar-refractivity contribution in [1.82, 2.24) is 10.2 Å². The van der Waals surface area contributed by atoms with Gasteiger partial charge in [-0.2, -0.15) is 5.10 Å². The number of benzene rings is 1. The zero-order valence-corrected chi connectivity index (χ0v) is 13.3. The SMILES string of the molecule is C=CCS(=O)(=O)c1cc(C=Cc2ccc(=O)[nH]n2)ccc1OC. The van der Waals surface area contributed by atoms with Crippen molar-refractivity contribution in [1.29, 1.82) is 0 Å².